The molecule has 134 valence electrons. The molecule has 1 N–H and O–H groups in total. The van der Waals surface area contributed by atoms with Crippen LogP contribution in [0.4, 0.5) is 0 Å². The van der Waals surface area contributed by atoms with Crippen molar-refractivity contribution in [2.45, 2.75) is 59.4 Å². The van der Waals surface area contributed by atoms with Crippen LogP contribution in [0.25, 0.3) is 0 Å². The molecule has 0 spiro atoms. The molecule has 0 saturated carbocycles. The Morgan fingerprint density at radius 1 is 1.21 bits per heavy atom. The Balaban J connectivity index is 1.86. The summed E-state index contributed by atoms with van der Waals surface area (Å²) in [5.41, 5.74) is 1.75. The maximum atomic E-state index is 10.1. The van der Waals surface area contributed by atoms with Gasteiger partial charge in [-0.05, 0) is 55.0 Å². The third kappa shape index (κ3) is 5.37. The lowest BCUT2D eigenvalue weighted by Gasteiger charge is -2.27. The highest BCUT2D eigenvalue weighted by molar-refractivity contribution is 5.14. The smallest absolute Gasteiger partial charge is 0.102 e. The molecule has 24 heavy (non-hydrogen) atoms. The van der Waals surface area contributed by atoms with E-state index in [1.165, 1.54) is 24.8 Å². The van der Waals surface area contributed by atoms with Crippen LogP contribution in [0.3, 0.4) is 0 Å². The minimum Gasteiger partial charge on any atom is -0.511 e. The zero-order valence-corrected chi connectivity index (χ0v) is 16.0. The van der Waals surface area contributed by atoms with E-state index in [0.29, 0.717) is 23.0 Å². The largest absolute Gasteiger partial charge is 0.511 e. The van der Waals surface area contributed by atoms with Crippen LogP contribution in [0.5, 0.6) is 0 Å². The lowest BCUT2D eigenvalue weighted by Crippen LogP contribution is -2.34. The molecule has 0 radical (unpaired) electrons. The number of nitrogens with zero attached hydrogens (tertiary/aromatic N) is 1. The zero-order valence-electron chi connectivity index (χ0n) is 16.0. The molecule has 0 aliphatic carbocycles. The van der Waals surface area contributed by atoms with Crippen LogP contribution in [-0.2, 0) is 6.42 Å². The van der Waals surface area contributed by atoms with E-state index in [0.717, 1.165) is 19.5 Å². The first kappa shape index (κ1) is 19.1. The molecule has 1 heterocycles. The summed E-state index contributed by atoms with van der Waals surface area (Å²) in [6.45, 7) is 15.2. The fourth-order valence-electron chi connectivity index (χ4n) is 4.24. The fourth-order valence-corrected chi connectivity index (χ4v) is 4.24. The number of aliphatic hydroxyl groups excluding tert-OH is 1. The summed E-state index contributed by atoms with van der Waals surface area (Å²) in [6, 6.07) is 10.8. The summed E-state index contributed by atoms with van der Waals surface area (Å²) >= 11 is 0. The highest BCUT2D eigenvalue weighted by atomic mass is 16.3. The second kappa shape index (κ2) is 8.20. The average Bonchev–Trinajstić information content (AvgIpc) is 2.79. The van der Waals surface area contributed by atoms with Crippen LogP contribution in [0.2, 0.25) is 0 Å². The molecule has 0 bridgehead atoms. The molecule has 1 fully saturated rings. The maximum Gasteiger partial charge on any atom is 0.102 e. The first-order valence-corrected chi connectivity index (χ1v) is 9.43. The summed E-state index contributed by atoms with van der Waals surface area (Å²) < 4.78 is 0. The lowest BCUT2D eigenvalue weighted by molar-refractivity contribution is 0.198. The SMILES string of the molecule is C=C(O)C1C(C)C(CC(C)(C)C)CN1CCCCc1ccccc1. The minimum absolute atomic E-state index is 0.133. The van der Waals surface area contributed by atoms with Gasteiger partial charge in [0.2, 0.25) is 0 Å². The van der Waals surface area contributed by atoms with Gasteiger partial charge in [-0.2, -0.15) is 0 Å². The predicted molar refractivity (Wildman–Crippen MR) is 103 cm³/mol. The topological polar surface area (TPSA) is 23.5 Å². The van der Waals surface area contributed by atoms with Crippen LogP contribution in [0.15, 0.2) is 42.7 Å². The van der Waals surface area contributed by atoms with Crippen LogP contribution in [-0.4, -0.2) is 29.1 Å². The van der Waals surface area contributed by atoms with Gasteiger partial charge >= 0.3 is 0 Å². The van der Waals surface area contributed by atoms with Crippen LogP contribution in [0.1, 0.15) is 52.5 Å². The number of rotatable bonds is 7. The van der Waals surface area contributed by atoms with Crippen LogP contribution < -0.4 is 0 Å². The van der Waals surface area contributed by atoms with Crippen molar-refractivity contribution < 1.29 is 5.11 Å². The number of unbranched alkanes of at least 4 members (excludes halogenated alkanes) is 1. The Morgan fingerprint density at radius 2 is 1.88 bits per heavy atom. The molecule has 1 saturated heterocycles. The van der Waals surface area contributed by atoms with Gasteiger partial charge in [0.1, 0.15) is 5.76 Å². The third-order valence-electron chi connectivity index (χ3n) is 5.32. The van der Waals surface area contributed by atoms with E-state index in [1.807, 2.05) is 0 Å². The summed E-state index contributed by atoms with van der Waals surface area (Å²) in [4.78, 5) is 2.47. The first-order valence-electron chi connectivity index (χ1n) is 9.43. The number of aryl methyl sites for hydroxylation is 1. The minimum atomic E-state index is 0.133. The van der Waals surface area contributed by atoms with E-state index < -0.39 is 0 Å². The highest BCUT2D eigenvalue weighted by Gasteiger charge is 2.41. The Hall–Kier alpha value is -1.28. The van der Waals surface area contributed by atoms with E-state index in [9.17, 15) is 5.11 Å². The second-order valence-electron chi connectivity index (χ2n) is 8.76. The van der Waals surface area contributed by atoms with Crippen molar-refractivity contribution >= 4 is 0 Å². The van der Waals surface area contributed by atoms with Gasteiger partial charge in [0.05, 0.1) is 6.04 Å². The third-order valence-corrected chi connectivity index (χ3v) is 5.32. The van der Waals surface area contributed by atoms with Crippen molar-refractivity contribution in [2.24, 2.45) is 17.3 Å². The monoisotopic (exact) mass is 329 g/mol. The molecule has 2 heteroatoms. The molecule has 1 aromatic rings. The molecule has 2 rings (SSSR count). The van der Waals surface area contributed by atoms with Gasteiger partial charge in [-0.3, -0.25) is 4.90 Å². The quantitative estimate of drug-likeness (QED) is 0.531. The molecule has 3 unspecified atom stereocenters. The average molecular weight is 330 g/mol. The van der Waals surface area contributed by atoms with E-state index in [4.69, 9.17) is 0 Å². The van der Waals surface area contributed by atoms with Crippen LogP contribution in [0, 0.1) is 17.3 Å². The molecule has 0 aromatic heterocycles. The summed E-state index contributed by atoms with van der Waals surface area (Å²) in [6.07, 6.45) is 4.72. The van der Waals surface area contributed by atoms with E-state index in [1.54, 1.807) is 0 Å². The fraction of sp³-hybridized carbons (Fsp3) is 0.636. The number of likely N-dealkylation sites (tertiary alicyclic amines) is 1. The number of hydrogen-bond donors (Lipinski definition) is 1. The molecule has 0 amide bonds. The van der Waals surface area contributed by atoms with Gasteiger partial charge in [0.15, 0.2) is 0 Å². The summed E-state index contributed by atoms with van der Waals surface area (Å²) in [5.74, 6) is 1.48. The number of aliphatic hydroxyl groups is 1. The van der Waals surface area contributed by atoms with Gasteiger partial charge in [-0.1, -0.05) is 64.6 Å². The predicted octanol–water partition coefficient (Wildman–Crippen LogP) is 5.45. The molecule has 3 atom stereocenters. The number of benzene rings is 1. The van der Waals surface area contributed by atoms with Gasteiger partial charge in [0, 0.05) is 6.54 Å². The molecule has 2 nitrogen and oxygen atoms in total. The summed E-state index contributed by atoms with van der Waals surface area (Å²) in [7, 11) is 0. The Kier molecular flexibility index (Phi) is 6.51. The molecule has 1 aliphatic heterocycles. The van der Waals surface area contributed by atoms with Gasteiger partial charge in [0.25, 0.3) is 0 Å². The van der Waals surface area contributed by atoms with Crippen molar-refractivity contribution in [1.82, 2.24) is 4.90 Å². The standard InChI is InChI=1S/C22H35NO/c1-17-20(15-22(3,4)5)16-23(21(17)18(2)24)14-10-9-13-19-11-7-6-8-12-19/h6-8,11-12,17,20-21,24H,2,9-10,13-16H2,1,3-5H3. The molecule has 1 aromatic carbocycles. The van der Waals surface area contributed by atoms with E-state index in [-0.39, 0.29) is 6.04 Å². The molecule has 1 aliphatic rings. The highest BCUT2D eigenvalue weighted by Crippen LogP contribution is 2.39. The molecular formula is C22H35NO. The van der Waals surface area contributed by atoms with Crippen molar-refractivity contribution in [1.29, 1.82) is 0 Å². The van der Waals surface area contributed by atoms with Crippen LogP contribution >= 0.6 is 0 Å². The van der Waals surface area contributed by atoms with E-state index in [2.05, 4.69) is 69.5 Å². The first-order chi connectivity index (χ1) is 11.3. The second-order valence-corrected chi connectivity index (χ2v) is 8.76. The van der Waals surface area contributed by atoms with Crippen molar-refractivity contribution in [3.8, 4) is 0 Å². The van der Waals surface area contributed by atoms with Crippen molar-refractivity contribution in [3.63, 3.8) is 0 Å². The van der Waals surface area contributed by atoms with Crippen molar-refractivity contribution in [3.05, 3.63) is 48.2 Å². The lowest BCUT2D eigenvalue weighted by atomic mass is 9.79. The Morgan fingerprint density at radius 3 is 2.46 bits per heavy atom. The normalized spacial score (nSPS) is 25.1. The maximum absolute atomic E-state index is 10.1. The van der Waals surface area contributed by atoms with E-state index >= 15 is 0 Å². The molecular weight excluding hydrogens is 294 g/mol. The zero-order chi connectivity index (χ0) is 17.7. The Labute approximate surface area is 148 Å². The summed E-state index contributed by atoms with van der Waals surface area (Å²) in [5, 5.41) is 10.1. The van der Waals surface area contributed by atoms with Gasteiger partial charge < -0.3 is 5.11 Å². The number of hydrogen-bond acceptors (Lipinski definition) is 2. The van der Waals surface area contributed by atoms with Gasteiger partial charge in [-0.15, -0.1) is 0 Å². The van der Waals surface area contributed by atoms with Crippen molar-refractivity contribution in [2.75, 3.05) is 13.1 Å². The Bertz CT molecular complexity index is 517. The van der Waals surface area contributed by atoms with Gasteiger partial charge in [-0.25, -0.2) is 0 Å².